The Kier molecular flexibility index (Phi) is 4.37. The third-order valence-electron chi connectivity index (χ3n) is 4.64. The molecule has 0 spiro atoms. The zero-order valence-corrected chi connectivity index (χ0v) is 14.6. The number of ketones is 1. The van der Waals surface area contributed by atoms with E-state index in [1.54, 1.807) is 41.2 Å². The Bertz CT molecular complexity index is 1090. The van der Waals surface area contributed by atoms with Gasteiger partial charge < -0.3 is 10.1 Å². The molecule has 1 aliphatic rings. The molecule has 1 saturated carbocycles. The van der Waals surface area contributed by atoms with Gasteiger partial charge in [0.25, 0.3) is 5.92 Å². The number of carbonyl (C=O) groups is 1. The van der Waals surface area contributed by atoms with Gasteiger partial charge >= 0.3 is 0 Å². The smallest absolute Gasteiger partial charge is 0.258 e. The predicted molar refractivity (Wildman–Crippen MR) is 95.8 cm³/mol. The minimum Gasteiger partial charge on any atom is -0.382 e. The number of nitrogens with zero attached hydrogens (tertiary/aromatic N) is 4. The van der Waals surface area contributed by atoms with E-state index >= 15 is 0 Å². The van der Waals surface area contributed by atoms with E-state index in [4.69, 9.17) is 5.73 Å². The van der Waals surface area contributed by atoms with Crippen LogP contribution in [-0.2, 0) is 11.2 Å². The third kappa shape index (κ3) is 3.47. The highest BCUT2D eigenvalue weighted by atomic mass is 19.3. The number of fused-ring (bicyclic) bond motifs is 1. The van der Waals surface area contributed by atoms with Crippen LogP contribution in [0.1, 0.15) is 23.4 Å². The van der Waals surface area contributed by atoms with E-state index in [1.165, 1.54) is 6.07 Å². The number of aromatic nitrogens is 3. The topological polar surface area (TPSA) is 85.6 Å². The van der Waals surface area contributed by atoms with Crippen molar-refractivity contribution in [2.45, 2.75) is 18.8 Å². The summed E-state index contributed by atoms with van der Waals surface area (Å²) in [6.45, 7) is -0.432. The lowest BCUT2D eigenvalue weighted by Crippen LogP contribution is -2.20. The average molecular weight is 387 g/mol. The summed E-state index contributed by atoms with van der Waals surface area (Å²) in [6.07, 6.45) is 4.56. The van der Waals surface area contributed by atoms with Crippen LogP contribution in [0.2, 0.25) is 0 Å². The minimum absolute atomic E-state index is 0.0531. The number of amidine groups is 1. The van der Waals surface area contributed by atoms with E-state index in [9.17, 15) is 18.0 Å². The Hall–Kier alpha value is -3.23. The normalized spacial score (nSPS) is 18.4. The number of benzene rings is 1. The molecule has 6 nitrogen and oxygen atoms in total. The molecule has 2 N–H and O–H groups in total. The summed E-state index contributed by atoms with van der Waals surface area (Å²) in [6, 6.07) is 6.32. The molecule has 4 rings (SSSR count). The molecule has 144 valence electrons. The Morgan fingerprint density at radius 1 is 1.36 bits per heavy atom. The van der Waals surface area contributed by atoms with Gasteiger partial charge in [-0.2, -0.15) is 0 Å². The molecular formula is C19H16F3N5O. The Labute approximate surface area is 157 Å². The molecule has 2 aromatic heterocycles. The molecule has 28 heavy (non-hydrogen) atoms. The summed E-state index contributed by atoms with van der Waals surface area (Å²) in [7, 11) is 0. The van der Waals surface area contributed by atoms with Crippen molar-refractivity contribution < 1.29 is 18.0 Å². The fraction of sp³-hybridized carbons (Fsp3) is 0.263. The van der Waals surface area contributed by atoms with Crippen molar-refractivity contribution in [3.63, 3.8) is 0 Å². The number of alkyl halides is 2. The van der Waals surface area contributed by atoms with Crippen LogP contribution >= 0.6 is 0 Å². The number of halogens is 3. The van der Waals surface area contributed by atoms with Gasteiger partial charge in [-0.25, -0.2) is 23.1 Å². The molecule has 1 aromatic carbocycles. The highest BCUT2D eigenvalue weighted by molar-refractivity contribution is 5.98. The van der Waals surface area contributed by atoms with Crippen molar-refractivity contribution in [1.29, 1.82) is 0 Å². The van der Waals surface area contributed by atoms with Crippen molar-refractivity contribution >= 4 is 17.3 Å². The first-order chi connectivity index (χ1) is 13.3. The van der Waals surface area contributed by atoms with Crippen molar-refractivity contribution in [3.8, 4) is 0 Å². The molecular weight excluding hydrogens is 371 g/mol. The fourth-order valence-electron chi connectivity index (χ4n) is 2.98. The summed E-state index contributed by atoms with van der Waals surface area (Å²) in [5, 5.41) is 0. The first-order valence-electron chi connectivity index (χ1n) is 8.62. The molecule has 0 saturated heterocycles. The quantitative estimate of drug-likeness (QED) is 0.520. The summed E-state index contributed by atoms with van der Waals surface area (Å²) < 4.78 is 41.6. The standard InChI is InChI=1S/C19H16F3N5O/c20-13-4-2-1-3-11(13)7-14-18-24-5-6-27(18)10-15(26-14)17(23)25-9-16(28)12-8-19(12,21)22/h1-6,10,12H,7-9H2,(H2,23,25). The van der Waals surface area contributed by atoms with Gasteiger partial charge in [0.2, 0.25) is 0 Å². The highest BCUT2D eigenvalue weighted by Crippen LogP contribution is 2.49. The van der Waals surface area contributed by atoms with E-state index in [1.807, 2.05) is 0 Å². The SMILES string of the molecule is NC(=NCC(=O)C1CC1(F)F)c1cn2ccnc2c(Cc2ccccc2F)n1. The van der Waals surface area contributed by atoms with Crippen LogP contribution in [0.3, 0.4) is 0 Å². The summed E-state index contributed by atoms with van der Waals surface area (Å²) in [5.41, 5.74) is 7.64. The van der Waals surface area contributed by atoms with E-state index in [2.05, 4.69) is 15.0 Å². The second kappa shape index (κ2) is 6.74. The van der Waals surface area contributed by atoms with Crippen LogP contribution in [-0.4, -0.2) is 38.5 Å². The zero-order valence-electron chi connectivity index (χ0n) is 14.6. The van der Waals surface area contributed by atoms with Crippen molar-refractivity contribution in [3.05, 3.63) is 65.6 Å². The molecule has 2 heterocycles. The maximum absolute atomic E-state index is 14.0. The lowest BCUT2D eigenvalue weighted by Gasteiger charge is -2.08. The number of aliphatic imine (C=N–C) groups is 1. The summed E-state index contributed by atoms with van der Waals surface area (Å²) >= 11 is 0. The Balaban J connectivity index is 1.62. The predicted octanol–water partition coefficient (Wildman–Crippen LogP) is 2.39. The molecule has 3 aromatic rings. The number of hydrogen-bond donors (Lipinski definition) is 1. The molecule has 9 heteroatoms. The second-order valence-electron chi connectivity index (χ2n) is 6.68. The maximum Gasteiger partial charge on any atom is 0.258 e. The highest BCUT2D eigenvalue weighted by Gasteiger charge is 2.60. The van der Waals surface area contributed by atoms with Gasteiger partial charge in [-0.15, -0.1) is 0 Å². The lowest BCUT2D eigenvalue weighted by atomic mass is 10.1. The van der Waals surface area contributed by atoms with Crippen LogP contribution in [0.15, 0.2) is 47.8 Å². The Morgan fingerprint density at radius 2 is 2.11 bits per heavy atom. The van der Waals surface area contributed by atoms with Gasteiger partial charge in [-0.1, -0.05) is 18.2 Å². The molecule has 0 aliphatic heterocycles. The molecule has 0 amide bonds. The number of nitrogens with two attached hydrogens (primary N) is 1. The molecule has 0 bridgehead atoms. The number of Topliss-reactive ketones (excluding diaryl/α,β-unsaturated/α-hetero) is 1. The van der Waals surface area contributed by atoms with Crippen molar-refractivity contribution in [2.24, 2.45) is 16.6 Å². The molecule has 1 atom stereocenters. The van der Waals surface area contributed by atoms with Gasteiger partial charge in [-0.3, -0.25) is 9.79 Å². The van der Waals surface area contributed by atoms with Crippen LogP contribution < -0.4 is 5.73 Å². The first-order valence-corrected chi connectivity index (χ1v) is 8.62. The second-order valence-corrected chi connectivity index (χ2v) is 6.68. The molecule has 1 fully saturated rings. The third-order valence-corrected chi connectivity index (χ3v) is 4.64. The number of rotatable bonds is 6. The molecule has 0 radical (unpaired) electrons. The largest absolute Gasteiger partial charge is 0.382 e. The van der Waals surface area contributed by atoms with E-state index in [0.717, 1.165) is 0 Å². The van der Waals surface area contributed by atoms with Gasteiger partial charge in [0, 0.05) is 31.4 Å². The van der Waals surface area contributed by atoms with Gasteiger partial charge in [-0.05, 0) is 11.6 Å². The first kappa shape index (κ1) is 18.1. The van der Waals surface area contributed by atoms with Crippen LogP contribution in [0.25, 0.3) is 5.65 Å². The van der Waals surface area contributed by atoms with E-state index in [-0.39, 0.29) is 23.8 Å². The van der Waals surface area contributed by atoms with Crippen LogP contribution in [0.4, 0.5) is 13.2 Å². The van der Waals surface area contributed by atoms with Gasteiger partial charge in [0.05, 0.1) is 11.6 Å². The molecule has 1 unspecified atom stereocenters. The average Bonchev–Trinajstić information content (AvgIpc) is 3.07. The monoisotopic (exact) mass is 387 g/mol. The maximum atomic E-state index is 14.0. The summed E-state index contributed by atoms with van der Waals surface area (Å²) in [4.78, 5) is 24.3. The Morgan fingerprint density at radius 3 is 2.82 bits per heavy atom. The van der Waals surface area contributed by atoms with Crippen LogP contribution in [0, 0.1) is 11.7 Å². The lowest BCUT2D eigenvalue weighted by molar-refractivity contribution is -0.120. The zero-order chi connectivity index (χ0) is 19.9. The minimum atomic E-state index is -2.93. The summed E-state index contributed by atoms with van der Waals surface area (Å²) in [5.74, 6) is -5.27. The van der Waals surface area contributed by atoms with Crippen LogP contribution in [0.5, 0.6) is 0 Å². The van der Waals surface area contributed by atoms with E-state index < -0.39 is 30.6 Å². The van der Waals surface area contributed by atoms with Crippen molar-refractivity contribution in [1.82, 2.24) is 14.4 Å². The van der Waals surface area contributed by atoms with E-state index in [0.29, 0.717) is 16.9 Å². The molecule has 1 aliphatic carbocycles. The number of hydrogen-bond acceptors (Lipinski definition) is 4. The van der Waals surface area contributed by atoms with Gasteiger partial charge in [0.15, 0.2) is 11.4 Å². The number of carbonyl (C=O) groups excluding carboxylic acids is 1. The van der Waals surface area contributed by atoms with Gasteiger partial charge in [0.1, 0.15) is 23.9 Å². The fourth-order valence-corrected chi connectivity index (χ4v) is 2.98. The van der Waals surface area contributed by atoms with Crippen molar-refractivity contribution in [2.75, 3.05) is 6.54 Å². The number of imidazole rings is 1.